The fourth-order valence-corrected chi connectivity index (χ4v) is 3.81. The summed E-state index contributed by atoms with van der Waals surface area (Å²) >= 11 is 0. The molecule has 28 heavy (non-hydrogen) atoms. The van der Waals surface area contributed by atoms with Crippen LogP contribution in [0.4, 0.5) is 11.4 Å². The molecule has 0 spiro atoms. The number of rotatable bonds is 10. The Kier molecular flexibility index (Phi) is 7.87. The van der Waals surface area contributed by atoms with E-state index in [1.54, 1.807) is 12.1 Å². The summed E-state index contributed by atoms with van der Waals surface area (Å²) in [5.74, 6) is -0.0705. The molecule has 0 aliphatic carbocycles. The molecule has 0 fully saturated rings. The Morgan fingerprint density at radius 2 is 1.61 bits per heavy atom. The van der Waals surface area contributed by atoms with E-state index in [4.69, 9.17) is 0 Å². The summed E-state index contributed by atoms with van der Waals surface area (Å²) in [6.07, 6.45) is 1.93. The summed E-state index contributed by atoms with van der Waals surface area (Å²) < 4.78 is 25.5. The maximum atomic E-state index is 12.1. The van der Waals surface area contributed by atoms with E-state index in [9.17, 15) is 13.2 Å². The van der Waals surface area contributed by atoms with E-state index < -0.39 is 10.0 Å². The molecule has 7 heteroatoms. The molecule has 152 valence electrons. The van der Waals surface area contributed by atoms with Crippen LogP contribution in [0.3, 0.4) is 0 Å². The molecule has 0 radical (unpaired) electrons. The number of carbonyl (C=O) groups excluding carboxylic acids is 1. The van der Waals surface area contributed by atoms with Gasteiger partial charge in [-0.1, -0.05) is 35.9 Å². The van der Waals surface area contributed by atoms with Crippen LogP contribution in [0.25, 0.3) is 0 Å². The van der Waals surface area contributed by atoms with Crippen LogP contribution in [0.15, 0.2) is 54.6 Å². The SMILES string of the molecule is Cc1ccc(N(CCCC(=O)NCCN(C)c2ccccc2)S(C)(=O)=O)cc1. The second-order valence-electron chi connectivity index (χ2n) is 6.88. The Hall–Kier alpha value is -2.54. The minimum Gasteiger partial charge on any atom is -0.373 e. The first-order chi connectivity index (χ1) is 13.3. The zero-order valence-electron chi connectivity index (χ0n) is 16.8. The van der Waals surface area contributed by atoms with Crippen LogP contribution < -0.4 is 14.5 Å². The summed E-state index contributed by atoms with van der Waals surface area (Å²) in [5, 5.41) is 2.89. The molecule has 1 N–H and O–H groups in total. The Bertz CT molecular complexity index is 852. The maximum absolute atomic E-state index is 12.1. The zero-order chi connectivity index (χ0) is 20.6. The Balaban J connectivity index is 1.77. The van der Waals surface area contributed by atoms with E-state index in [-0.39, 0.29) is 18.9 Å². The lowest BCUT2D eigenvalue weighted by atomic mass is 10.2. The number of nitrogens with one attached hydrogen (secondary N) is 1. The lowest BCUT2D eigenvalue weighted by Gasteiger charge is -2.22. The van der Waals surface area contributed by atoms with Gasteiger partial charge in [-0.25, -0.2) is 8.42 Å². The van der Waals surface area contributed by atoms with Gasteiger partial charge in [-0.15, -0.1) is 0 Å². The van der Waals surface area contributed by atoms with E-state index in [0.29, 0.717) is 25.2 Å². The van der Waals surface area contributed by atoms with Gasteiger partial charge in [0.05, 0.1) is 11.9 Å². The van der Waals surface area contributed by atoms with E-state index in [1.807, 2.05) is 56.4 Å². The minimum absolute atomic E-state index is 0.0705. The van der Waals surface area contributed by atoms with Crippen molar-refractivity contribution >= 4 is 27.3 Å². The predicted molar refractivity (Wildman–Crippen MR) is 115 cm³/mol. The maximum Gasteiger partial charge on any atom is 0.232 e. The number of likely N-dealkylation sites (N-methyl/N-ethyl adjacent to an activating group) is 1. The molecular weight excluding hydrogens is 374 g/mol. The second-order valence-corrected chi connectivity index (χ2v) is 8.79. The zero-order valence-corrected chi connectivity index (χ0v) is 17.6. The lowest BCUT2D eigenvalue weighted by molar-refractivity contribution is -0.121. The fourth-order valence-electron chi connectivity index (χ4n) is 2.84. The summed E-state index contributed by atoms with van der Waals surface area (Å²) in [4.78, 5) is 14.1. The van der Waals surface area contributed by atoms with E-state index in [0.717, 1.165) is 11.3 Å². The largest absolute Gasteiger partial charge is 0.373 e. The quantitative estimate of drug-likeness (QED) is 0.662. The van der Waals surface area contributed by atoms with Gasteiger partial charge in [-0.3, -0.25) is 9.10 Å². The highest BCUT2D eigenvalue weighted by Crippen LogP contribution is 2.18. The van der Waals surface area contributed by atoms with Crippen LogP contribution >= 0.6 is 0 Å². The first-order valence-corrected chi connectivity index (χ1v) is 11.2. The molecule has 0 aliphatic heterocycles. The van der Waals surface area contributed by atoms with E-state index in [1.165, 1.54) is 10.6 Å². The third-order valence-electron chi connectivity index (χ3n) is 4.45. The van der Waals surface area contributed by atoms with Gasteiger partial charge in [-0.2, -0.15) is 0 Å². The van der Waals surface area contributed by atoms with Gasteiger partial charge in [0.1, 0.15) is 0 Å². The predicted octanol–water partition coefficient (Wildman–Crippen LogP) is 2.79. The number of hydrogen-bond donors (Lipinski definition) is 1. The monoisotopic (exact) mass is 403 g/mol. The number of amides is 1. The molecule has 0 saturated heterocycles. The molecule has 0 aliphatic rings. The van der Waals surface area contributed by atoms with Crippen LogP contribution in [0.1, 0.15) is 18.4 Å². The van der Waals surface area contributed by atoms with Crippen molar-refractivity contribution in [2.24, 2.45) is 0 Å². The number of carbonyl (C=O) groups is 1. The van der Waals surface area contributed by atoms with E-state index >= 15 is 0 Å². The van der Waals surface area contributed by atoms with Crippen LogP contribution in [-0.4, -0.2) is 47.3 Å². The van der Waals surface area contributed by atoms with Gasteiger partial charge in [0.2, 0.25) is 15.9 Å². The van der Waals surface area contributed by atoms with Crippen molar-refractivity contribution in [1.82, 2.24) is 5.32 Å². The van der Waals surface area contributed by atoms with Crippen LogP contribution in [0.5, 0.6) is 0 Å². The van der Waals surface area contributed by atoms with Crippen molar-refractivity contribution in [3.05, 3.63) is 60.2 Å². The Labute approximate surface area is 168 Å². The van der Waals surface area contributed by atoms with Crippen LogP contribution in [0, 0.1) is 6.92 Å². The van der Waals surface area contributed by atoms with Crippen molar-refractivity contribution < 1.29 is 13.2 Å². The van der Waals surface area contributed by atoms with Gasteiger partial charge in [0, 0.05) is 38.8 Å². The topological polar surface area (TPSA) is 69.7 Å². The molecule has 0 saturated carbocycles. The first-order valence-electron chi connectivity index (χ1n) is 9.34. The van der Waals surface area contributed by atoms with E-state index in [2.05, 4.69) is 10.2 Å². The van der Waals surface area contributed by atoms with Gasteiger partial charge in [-0.05, 0) is 37.6 Å². The first kappa shape index (κ1) is 21.8. The summed E-state index contributed by atoms with van der Waals surface area (Å²) in [7, 11) is -1.41. The number of aryl methyl sites for hydroxylation is 1. The normalized spacial score (nSPS) is 11.1. The second kappa shape index (κ2) is 10.1. The molecule has 2 aromatic carbocycles. The van der Waals surface area contributed by atoms with Crippen molar-refractivity contribution in [3.8, 4) is 0 Å². The number of sulfonamides is 1. The lowest BCUT2D eigenvalue weighted by Crippen LogP contribution is -2.34. The molecule has 1 amide bonds. The summed E-state index contributed by atoms with van der Waals surface area (Å²) in [5.41, 5.74) is 2.79. The molecular formula is C21H29N3O3S. The molecule has 6 nitrogen and oxygen atoms in total. The summed E-state index contributed by atoms with van der Waals surface area (Å²) in [6, 6.07) is 17.3. The number of benzene rings is 2. The van der Waals surface area contributed by atoms with Crippen molar-refractivity contribution in [2.45, 2.75) is 19.8 Å². The smallest absolute Gasteiger partial charge is 0.232 e. The van der Waals surface area contributed by atoms with Crippen LogP contribution in [-0.2, 0) is 14.8 Å². The average Bonchev–Trinajstić information content (AvgIpc) is 2.66. The molecule has 0 atom stereocenters. The highest BCUT2D eigenvalue weighted by molar-refractivity contribution is 7.92. The molecule has 0 aromatic heterocycles. The van der Waals surface area contributed by atoms with Gasteiger partial charge in [0.25, 0.3) is 0 Å². The molecule has 0 heterocycles. The minimum atomic E-state index is -3.39. The third kappa shape index (κ3) is 6.88. The average molecular weight is 404 g/mol. The number of para-hydroxylation sites is 1. The number of nitrogens with zero attached hydrogens (tertiary/aromatic N) is 2. The molecule has 0 bridgehead atoms. The molecule has 0 unspecified atom stereocenters. The van der Waals surface area contributed by atoms with Crippen molar-refractivity contribution in [1.29, 1.82) is 0 Å². The Morgan fingerprint density at radius 1 is 0.964 bits per heavy atom. The van der Waals surface area contributed by atoms with Gasteiger partial charge >= 0.3 is 0 Å². The third-order valence-corrected chi connectivity index (χ3v) is 5.65. The van der Waals surface area contributed by atoms with Crippen molar-refractivity contribution in [2.75, 3.05) is 42.1 Å². The standard InChI is InChI=1S/C21H29N3O3S/c1-18-11-13-20(14-12-18)24(28(3,26)27)16-7-10-21(25)22-15-17-23(2)19-8-5-4-6-9-19/h4-6,8-9,11-14H,7,10,15-17H2,1-3H3,(H,22,25). The molecule has 2 aromatic rings. The van der Waals surface area contributed by atoms with Crippen LogP contribution in [0.2, 0.25) is 0 Å². The Morgan fingerprint density at radius 3 is 2.21 bits per heavy atom. The van der Waals surface area contributed by atoms with Crippen molar-refractivity contribution in [3.63, 3.8) is 0 Å². The number of hydrogen-bond acceptors (Lipinski definition) is 4. The highest BCUT2D eigenvalue weighted by Gasteiger charge is 2.17. The highest BCUT2D eigenvalue weighted by atomic mass is 32.2. The fraction of sp³-hybridized carbons (Fsp3) is 0.381. The van der Waals surface area contributed by atoms with Gasteiger partial charge < -0.3 is 10.2 Å². The number of anilines is 2. The van der Waals surface area contributed by atoms with Gasteiger partial charge in [0.15, 0.2) is 0 Å². The summed E-state index contributed by atoms with van der Waals surface area (Å²) in [6.45, 7) is 3.47. The molecule has 2 rings (SSSR count).